The van der Waals surface area contributed by atoms with Crippen LogP contribution in [0.15, 0.2) is 54.6 Å². The van der Waals surface area contributed by atoms with Gasteiger partial charge in [0.15, 0.2) is 0 Å². The average Bonchev–Trinajstić information content (AvgIpc) is 3.65. The highest BCUT2D eigenvalue weighted by Gasteiger charge is 2.79. The summed E-state index contributed by atoms with van der Waals surface area (Å²) < 4.78 is 8.41. The van der Waals surface area contributed by atoms with Gasteiger partial charge in [-0.25, -0.2) is 4.68 Å². The summed E-state index contributed by atoms with van der Waals surface area (Å²) in [4.78, 5) is 43.8. The Morgan fingerprint density at radius 3 is 2.57 bits per heavy atom. The number of hydrogen-bond donors (Lipinski definition) is 3. The molecule has 0 radical (unpaired) electrons. The first-order valence-electron chi connectivity index (χ1n) is 14.8. The first-order valence-corrected chi connectivity index (χ1v) is 14.8. The zero-order valence-corrected chi connectivity index (χ0v) is 24.0. The van der Waals surface area contributed by atoms with Crippen LogP contribution in [0.1, 0.15) is 46.0 Å². The summed E-state index contributed by atoms with van der Waals surface area (Å²) in [5, 5.41) is 23.5. The number of carbonyl (C=O) groups excluding carboxylic acids is 3. The molecule has 3 unspecified atom stereocenters. The largest absolute Gasteiger partial charge is 0.396 e. The first kappa shape index (κ1) is 28.3. The van der Waals surface area contributed by atoms with Gasteiger partial charge in [0, 0.05) is 18.8 Å². The fourth-order valence-electron chi connectivity index (χ4n) is 7.45. The third-order valence-corrected chi connectivity index (χ3v) is 9.52. The van der Waals surface area contributed by atoms with Gasteiger partial charge in [-0.3, -0.25) is 14.4 Å². The van der Waals surface area contributed by atoms with Crippen molar-refractivity contribution in [3.05, 3.63) is 54.6 Å². The monoisotopic (exact) mass is 574 g/mol. The minimum absolute atomic E-state index is 0.0489. The van der Waals surface area contributed by atoms with E-state index >= 15 is 0 Å². The van der Waals surface area contributed by atoms with Crippen molar-refractivity contribution in [2.24, 2.45) is 17.8 Å². The van der Waals surface area contributed by atoms with E-state index in [0.717, 1.165) is 23.9 Å². The molecular formula is C31H38N6O5. The summed E-state index contributed by atoms with van der Waals surface area (Å²) in [5.41, 5.74) is 0.138. The SMILES string of the molecule is CC1CC23O[C@]1(C)[C@@H](C(=O)Nc1ccccc1)[C@H]2C(=O)N(CCCCCCO)C3C(=O)NCn1nnc2ccccc21. The number of rotatable bonds is 11. The van der Waals surface area contributed by atoms with Crippen LogP contribution in [0, 0.1) is 17.8 Å². The Hall–Kier alpha value is -3.83. The molecule has 2 aromatic carbocycles. The van der Waals surface area contributed by atoms with Crippen molar-refractivity contribution in [2.75, 3.05) is 18.5 Å². The Labute approximate surface area is 244 Å². The standard InChI is InChI=1S/C31H38N6O5/c1-20-18-31-25(24(30(20,2)42-31)27(39)33-21-12-6-5-7-13-21)29(41)36(16-10-3-4-11-17-38)26(31)28(40)32-19-37-23-15-9-8-14-22(23)34-35-37/h5-9,12-15,20,24-26,38H,3-4,10-11,16-19H2,1-2H3,(H,32,40)(H,33,39)/t20?,24-,25+,26?,30+,31?/m1/s1. The van der Waals surface area contributed by atoms with E-state index < -0.39 is 29.1 Å². The Morgan fingerprint density at radius 1 is 1.05 bits per heavy atom. The number of nitrogens with zero attached hydrogens (tertiary/aromatic N) is 4. The van der Waals surface area contributed by atoms with Gasteiger partial charge in [0.05, 0.1) is 23.0 Å². The van der Waals surface area contributed by atoms with Crippen LogP contribution in [0.2, 0.25) is 0 Å². The molecule has 6 rings (SSSR count). The number of amides is 3. The summed E-state index contributed by atoms with van der Waals surface area (Å²) >= 11 is 0. The van der Waals surface area contributed by atoms with Crippen LogP contribution < -0.4 is 10.6 Å². The number of likely N-dealkylation sites (tertiary alicyclic amines) is 1. The van der Waals surface area contributed by atoms with Crippen molar-refractivity contribution in [1.29, 1.82) is 0 Å². The second-order valence-corrected chi connectivity index (χ2v) is 12.0. The maximum atomic E-state index is 14.2. The zero-order valence-electron chi connectivity index (χ0n) is 24.0. The van der Waals surface area contributed by atoms with Crippen molar-refractivity contribution in [3.63, 3.8) is 0 Å². The summed E-state index contributed by atoms with van der Waals surface area (Å²) in [6, 6.07) is 15.8. The number of nitrogens with one attached hydrogen (secondary N) is 2. The predicted octanol–water partition coefficient (Wildman–Crippen LogP) is 2.71. The van der Waals surface area contributed by atoms with Gasteiger partial charge in [-0.1, -0.05) is 55.3 Å². The minimum atomic E-state index is -1.12. The average molecular weight is 575 g/mol. The molecule has 3 amide bonds. The van der Waals surface area contributed by atoms with Crippen LogP contribution in [0.4, 0.5) is 5.69 Å². The van der Waals surface area contributed by atoms with Crippen LogP contribution in [0.3, 0.4) is 0 Å². The molecule has 3 N–H and O–H groups in total. The molecule has 3 aliphatic heterocycles. The minimum Gasteiger partial charge on any atom is -0.396 e. The number of ether oxygens (including phenoxy) is 1. The second-order valence-electron chi connectivity index (χ2n) is 12.0. The Bertz CT molecular complexity index is 1480. The van der Waals surface area contributed by atoms with Crippen molar-refractivity contribution >= 4 is 34.4 Å². The molecule has 222 valence electrons. The lowest BCUT2D eigenvalue weighted by Crippen LogP contribution is -2.56. The molecule has 3 fully saturated rings. The lowest BCUT2D eigenvalue weighted by atomic mass is 9.62. The van der Waals surface area contributed by atoms with Crippen LogP contribution in [0.5, 0.6) is 0 Å². The Kier molecular flexibility index (Phi) is 7.48. The molecule has 4 heterocycles. The number of hydrogen-bond acceptors (Lipinski definition) is 7. The molecule has 2 bridgehead atoms. The second kappa shape index (κ2) is 11.1. The molecule has 6 atom stereocenters. The molecule has 11 nitrogen and oxygen atoms in total. The molecule has 3 aliphatic rings. The zero-order chi connectivity index (χ0) is 29.5. The number of aliphatic hydroxyl groups excluding tert-OH is 1. The van der Waals surface area contributed by atoms with E-state index in [9.17, 15) is 14.4 Å². The van der Waals surface area contributed by atoms with Gasteiger partial charge in [0.1, 0.15) is 23.8 Å². The highest BCUT2D eigenvalue weighted by molar-refractivity contribution is 6.02. The van der Waals surface area contributed by atoms with E-state index in [-0.39, 0.29) is 36.9 Å². The van der Waals surface area contributed by atoms with Gasteiger partial charge in [0.2, 0.25) is 17.7 Å². The maximum absolute atomic E-state index is 14.2. The van der Waals surface area contributed by atoms with Gasteiger partial charge < -0.3 is 25.4 Å². The Morgan fingerprint density at radius 2 is 1.79 bits per heavy atom. The quantitative estimate of drug-likeness (QED) is 0.299. The van der Waals surface area contributed by atoms with Crippen molar-refractivity contribution < 1.29 is 24.2 Å². The normalized spacial score (nSPS) is 29.7. The van der Waals surface area contributed by atoms with E-state index in [1.54, 1.807) is 9.58 Å². The van der Waals surface area contributed by atoms with Crippen LogP contribution >= 0.6 is 0 Å². The number of unbranched alkanes of at least 4 members (excludes halogenated alkanes) is 3. The summed E-state index contributed by atoms with van der Waals surface area (Å²) in [6.45, 7) is 4.52. The molecule has 1 spiro atoms. The fraction of sp³-hybridized carbons (Fsp3) is 0.516. The topological polar surface area (TPSA) is 139 Å². The molecule has 3 aromatic rings. The van der Waals surface area contributed by atoms with Gasteiger partial charge in [0.25, 0.3) is 0 Å². The molecule has 0 saturated carbocycles. The van der Waals surface area contributed by atoms with Gasteiger partial charge in [-0.05, 0) is 56.4 Å². The number of benzene rings is 2. The van der Waals surface area contributed by atoms with E-state index in [1.807, 2.05) is 68.4 Å². The third-order valence-electron chi connectivity index (χ3n) is 9.52. The molecule has 1 aromatic heterocycles. The Balaban J connectivity index is 1.30. The number of para-hydroxylation sites is 2. The first-order chi connectivity index (χ1) is 20.3. The number of anilines is 1. The van der Waals surface area contributed by atoms with Crippen LogP contribution in [-0.2, 0) is 25.8 Å². The lowest BCUT2D eigenvalue weighted by Gasteiger charge is -2.36. The number of aromatic nitrogens is 3. The molecule has 3 saturated heterocycles. The van der Waals surface area contributed by atoms with Gasteiger partial charge in [-0.15, -0.1) is 5.10 Å². The molecule has 0 aliphatic carbocycles. The van der Waals surface area contributed by atoms with Crippen LogP contribution in [-0.4, -0.2) is 73.1 Å². The fourth-order valence-corrected chi connectivity index (χ4v) is 7.45. The predicted molar refractivity (Wildman–Crippen MR) is 155 cm³/mol. The van der Waals surface area contributed by atoms with E-state index in [4.69, 9.17) is 9.84 Å². The van der Waals surface area contributed by atoms with Crippen LogP contribution in [0.25, 0.3) is 11.0 Å². The van der Waals surface area contributed by atoms with E-state index in [1.165, 1.54) is 0 Å². The van der Waals surface area contributed by atoms with Gasteiger partial charge >= 0.3 is 0 Å². The lowest BCUT2D eigenvalue weighted by molar-refractivity contribution is -0.146. The molecular weight excluding hydrogens is 536 g/mol. The molecule has 42 heavy (non-hydrogen) atoms. The van der Waals surface area contributed by atoms with Crippen molar-refractivity contribution in [2.45, 2.75) is 69.9 Å². The highest BCUT2D eigenvalue weighted by atomic mass is 16.5. The number of carbonyl (C=O) groups is 3. The summed E-state index contributed by atoms with van der Waals surface area (Å²) in [7, 11) is 0. The third kappa shape index (κ3) is 4.55. The number of fused-ring (bicyclic) bond motifs is 2. The van der Waals surface area contributed by atoms with E-state index in [0.29, 0.717) is 31.5 Å². The summed E-state index contributed by atoms with van der Waals surface area (Å²) in [6.07, 6.45) is 3.52. The number of aliphatic hydroxyl groups is 1. The highest BCUT2D eigenvalue weighted by Crippen LogP contribution is 2.65. The molecule has 11 heteroatoms. The smallest absolute Gasteiger partial charge is 0.247 e. The maximum Gasteiger partial charge on any atom is 0.247 e. The van der Waals surface area contributed by atoms with Crippen molar-refractivity contribution in [1.82, 2.24) is 25.2 Å². The summed E-state index contributed by atoms with van der Waals surface area (Å²) in [5.74, 6) is -2.39. The van der Waals surface area contributed by atoms with Gasteiger partial charge in [-0.2, -0.15) is 0 Å². The van der Waals surface area contributed by atoms with E-state index in [2.05, 4.69) is 20.9 Å². The van der Waals surface area contributed by atoms with Crippen molar-refractivity contribution in [3.8, 4) is 0 Å².